The maximum Gasteiger partial charge on any atom is 0.252 e. The third-order valence-electron chi connectivity index (χ3n) is 4.25. The Morgan fingerprint density at radius 3 is 2.58 bits per heavy atom. The van der Waals surface area contributed by atoms with E-state index in [1.807, 2.05) is 25.1 Å². The number of fused-ring (bicyclic) bond motifs is 1. The van der Waals surface area contributed by atoms with Crippen molar-refractivity contribution in [3.8, 4) is 11.5 Å². The van der Waals surface area contributed by atoms with E-state index < -0.39 is 0 Å². The smallest absolute Gasteiger partial charge is 0.252 e. The minimum absolute atomic E-state index is 0.319. The number of carbonyl (C=O) groups excluding carboxylic acids is 1. The molecule has 0 saturated heterocycles. The summed E-state index contributed by atoms with van der Waals surface area (Å²) in [7, 11) is 3.15. The fourth-order valence-electron chi connectivity index (χ4n) is 2.92. The Bertz CT molecular complexity index is 1010. The summed E-state index contributed by atoms with van der Waals surface area (Å²) >= 11 is 0. The Kier molecular flexibility index (Phi) is 4.93. The lowest BCUT2D eigenvalue weighted by Crippen LogP contribution is -2.28. The number of hydrogen-bond donors (Lipinski definition) is 2. The van der Waals surface area contributed by atoms with Crippen LogP contribution in [0.5, 0.6) is 11.5 Å². The van der Waals surface area contributed by atoms with Gasteiger partial charge >= 0.3 is 0 Å². The summed E-state index contributed by atoms with van der Waals surface area (Å²) in [6.07, 6.45) is 0. The SMILES string of the molecule is COc1ccc(OC)c([C@H](C)NC(=O)c2cc(=O)[nH]c3ccccc23)c1. The molecule has 0 radical (unpaired) electrons. The second-order valence-corrected chi connectivity index (χ2v) is 5.90. The molecule has 2 N–H and O–H groups in total. The van der Waals surface area contributed by atoms with Crippen molar-refractivity contribution in [1.82, 2.24) is 10.3 Å². The maximum atomic E-state index is 12.8. The quantitative estimate of drug-likeness (QED) is 0.740. The first-order valence-electron chi connectivity index (χ1n) is 8.18. The van der Waals surface area contributed by atoms with Gasteiger partial charge in [-0.25, -0.2) is 0 Å². The first kappa shape index (κ1) is 17.5. The first-order valence-corrected chi connectivity index (χ1v) is 8.18. The van der Waals surface area contributed by atoms with Gasteiger partial charge in [0.15, 0.2) is 0 Å². The number of aromatic amines is 1. The van der Waals surface area contributed by atoms with Gasteiger partial charge < -0.3 is 19.8 Å². The molecule has 1 amide bonds. The highest BCUT2D eigenvalue weighted by Crippen LogP contribution is 2.29. The van der Waals surface area contributed by atoms with E-state index >= 15 is 0 Å². The van der Waals surface area contributed by atoms with E-state index in [1.165, 1.54) is 6.07 Å². The first-order chi connectivity index (χ1) is 12.5. The molecule has 0 aliphatic heterocycles. The van der Waals surface area contributed by atoms with E-state index in [0.717, 1.165) is 5.56 Å². The zero-order valence-electron chi connectivity index (χ0n) is 14.8. The number of methoxy groups -OCH3 is 2. The second-order valence-electron chi connectivity index (χ2n) is 5.90. The molecule has 6 nitrogen and oxygen atoms in total. The van der Waals surface area contributed by atoms with Crippen molar-refractivity contribution < 1.29 is 14.3 Å². The van der Waals surface area contributed by atoms with E-state index in [1.54, 1.807) is 38.5 Å². The Balaban J connectivity index is 1.95. The van der Waals surface area contributed by atoms with Crippen LogP contribution in [0.2, 0.25) is 0 Å². The minimum atomic E-state index is -0.342. The van der Waals surface area contributed by atoms with Crippen molar-refractivity contribution in [2.45, 2.75) is 13.0 Å². The van der Waals surface area contributed by atoms with Gasteiger partial charge in [-0.2, -0.15) is 0 Å². The van der Waals surface area contributed by atoms with Gasteiger partial charge in [0.1, 0.15) is 11.5 Å². The monoisotopic (exact) mass is 352 g/mol. The Morgan fingerprint density at radius 1 is 1.08 bits per heavy atom. The molecule has 6 heteroatoms. The number of benzene rings is 2. The van der Waals surface area contributed by atoms with E-state index in [0.29, 0.717) is 28.0 Å². The number of H-pyrrole nitrogens is 1. The second kappa shape index (κ2) is 7.31. The number of pyridine rings is 1. The highest BCUT2D eigenvalue weighted by atomic mass is 16.5. The van der Waals surface area contributed by atoms with Gasteiger partial charge in [0.2, 0.25) is 5.56 Å². The zero-order chi connectivity index (χ0) is 18.7. The fourth-order valence-corrected chi connectivity index (χ4v) is 2.92. The van der Waals surface area contributed by atoms with E-state index in [2.05, 4.69) is 10.3 Å². The average Bonchev–Trinajstić information content (AvgIpc) is 2.66. The highest BCUT2D eigenvalue weighted by molar-refractivity contribution is 6.06. The Hall–Kier alpha value is -3.28. The normalized spacial score (nSPS) is 11.8. The van der Waals surface area contributed by atoms with Crippen molar-refractivity contribution >= 4 is 16.8 Å². The summed E-state index contributed by atoms with van der Waals surface area (Å²) in [6.45, 7) is 1.85. The lowest BCUT2D eigenvalue weighted by atomic mass is 10.0. The molecule has 0 unspecified atom stereocenters. The van der Waals surface area contributed by atoms with E-state index in [-0.39, 0.29) is 17.5 Å². The van der Waals surface area contributed by atoms with Crippen molar-refractivity contribution in [3.63, 3.8) is 0 Å². The maximum absolute atomic E-state index is 12.8. The number of amides is 1. The largest absolute Gasteiger partial charge is 0.497 e. The van der Waals surface area contributed by atoms with Crippen molar-refractivity contribution in [2.75, 3.05) is 14.2 Å². The number of ether oxygens (including phenoxy) is 2. The van der Waals surface area contributed by atoms with E-state index in [9.17, 15) is 9.59 Å². The molecule has 0 fully saturated rings. The molecule has 1 atom stereocenters. The van der Waals surface area contributed by atoms with Gasteiger partial charge in [-0.15, -0.1) is 0 Å². The topological polar surface area (TPSA) is 80.4 Å². The van der Waals surface area contributed by atoms with Gasteiger partial charge in [-0.3, -0.25) is 9.59 Å². The average molecular weight is 352 g/mol. The number of carbonyl (C=O) groups is 1. The van der Waals surface area contributed by atoms with Crippen LogP contribution in [0.4, 0.5) is 0 Å². The number of nitrogens with one attached hydrogen (secondary N) is 2. The summed E-state index contributed by atoms with van der Waals surface area (Å²) in [6, 6.07) is 13.6. The van der Waals surface area contributed by atoms with Gasteiger partial charge in [0.25, 0.3) is 5.91 Å². The van der Waals surface area contributed by atoms with Crippen LogP contribution in [-0.2, 0) is 0 Å². The summed E-state index contributed by atoms with van der Waals surface area (Å²) in [5, 5.41) is 3.62. The lowest BCUT2D eigenvalue weighted by Gasteiger charge is -2.18. The van der Waals surface area contributed by atoms with Gasteiger partial charge in [0.05, 0.1) is 25.8 Å². The minimum Gasteiger partial charge on any atom is -0.497 e. The molecule has 26 heavy (non-hydrogen) atoms. The molecule has 3 rings (SSSR count). The predicted molar refractivity (Wildman–Crippen MR) is 100.0 cm³/mol. The van der Waals surface area contributed by atoms with Crippen LogP contribution in [-0.4, -0.2) is 25.1 Å². The Labute approximate surface area is 150 Å². The summed E-state index contributed by atoms with van der Waals surface area (Å²) in [4.78, 5) is 27.4. The summed E-state index contributed by atoms with van der Waals surface area (Å²) in [5.74, 6) is 0.988. The van der Waals surface area contributed by atoms with Crippen LogP contribution in [0.1, 0.15) is 28.9 Å². The van der Waals surface area contributed by atoms with E-state index in [4.69, 9.17) is 9.47 Å². The summed E-state index contributed by atoms with van der Waals surface area (Å²) < 4.78 is 10.6. The third kappa shape index (κ3) is 3.39. The molecular formula is C20H20N2O4. The molecule has 3 aromatic rings. The highest BCUT2D eigenvalue weighted by Gasteiger charge is 2.18. The molecule has 0 saturated carbocycles. The van der Waals surface area contributed by atoms with Crippen molar-refractivity contribution in [3.05, 3.63) is 70.0 Å². The molecule has 0 spiro atoms. The van der Waals surface area contributed by atoms with Gasteiger partial charge in [-0.05, 0) is 31.2 Å². The molecular weight excluding hydrogens is 332 g/mol. The number of para-hydroxylation sites is 1. The third-order valence-corrected chi connectivity index (χ3v) is 4.25. The molecule has 0 aliphatic carbocycles. The molecule has 1 aromatic heterocycles. The summed E-state index contributed by atoms with van der Waals surface area (Å²) in [5.41, 5.74) is 1.42. The molecule has 0 bridgehead atoms. The number of hydrogen-bond acceptors (Lipinski definition) is 4. The number of rotatable bonds is 5. The Morgan fingerprint density at radius 2 is 1.85 bits per heavy atom. The number of aromatic nitrogens is 1. The molecule has 134 valence electrons. The van der Waals surface area contributed by atoms with Gasteiger partial charge in [-0.1, -0.05) is 18.2 Å². The molecule has 0 aliphatic rings. The lowest BCUT2D eigenvalue weighted by molar-refractivity contribution is 0.0941. The van der Waals surface area contributed by atoms with Crippen LogP contribution in [0.25, 0.3) is 10.9 Å². The van der Waals surface area contributed by atoms with Crippen molar-refractivity contribution in [2.24, 2.45) is 0 Å². The van der Waals surface area contributed by atoms with Crippen LogP contribution >= 0.6 is 0 Å². The van der Waals surface area contributed by atoms with Crippen LogP contribution in [0.3, 0.4) is 0 Å². The standard InChI is InChI=1S/C20H20N2O4/c1-12(15-10-13(25-2)8-9-18(15)26-3)21-20(24)16-11-19(23)22-17-7-5-4-6-14(16)17/h4-12H,1-3H3,(H,21,24)(H,22,23)/t12-/m0/s1. The fraction of sp³-hybridized carbons (Fsp3) is 0.200. The predicted octanol–water partition coefficient (Wildman–Crippen LogP) is 3.04. The van der Waals surface area contributed by atoms with Crippen molar-refractivity contribution in [1.29, 1.82) is 0 Å². The van der Waals surface area contributed by atoms with Crippen LogP contribution in [0, 0.1) is 0 Å². The van der Waals surface area contributed by atoms with Gasteiger partial charge in [0, 0.05) is 22.5 Å². The van der Waals surface area contributed by atoms with Crippen LogP contribution < -0.4 is 20.3 Å². The molecule has 2 aromatic carbocycles. The molecule has 1 heterocycles. The zero-order valence-corrected chi connectivity index (χ0v) is 14.8. The van der Waals surface area contributed by atoms with Crippen LogP contribution in [0.15, 0.2) is 53.3 Å².